The van der Waals surface area contributed by atoms with Crippen molar-refractivity contribution >= 4 is 5.91 Å². The third-order valence-corrected chi connectivity index (χ3v) is 3.08. The van der Waals surface area contributed by atoms with Crippen LogP contribution >= 0.6 is 0 Å². The van der Waals surface area contributed by atoms with Gasteiger partial charge in [0.1, 0.15) is 0 Å². The number of hydrogen-bond acceptors (Lipinski definition) is 2. The van der Waals surface area contributed by atoms with Gasteiger partial charge in [0, 0.05) is 25.0 Å². The number of amides is 1. The Hall–Kier alpha value is -1.49. The second-order valence-electron chi connectivity index (χ2n) is 5.64. The Labute approximate surface area is 118 Å². The quantitative estimate of drug-likeness (QED) is 0.873. The maximum absolute atomic E-state index is 13.1. The summed E-state index contributed by atoms with van der Waals surface area (Å²) in [5, 5.41) is 0. The molecule has 5 heteroatoms. The van der Waals surface area contributed by atoms with E-state index in [0.29, 0.717) is 24.9 Å². The zero-order valence-corrected chi connectivity index (χ0v) is 12.2. The Morgan fingerprint density at radius 2 is 1.95 bits per heavy atom. The summed E-state index contributed by atoms with van der Waals surface area (Å²) in [4.78, 5) is 13.7. The predicted molar refractivity (Wildman–Crippen MR) is 74.9 cm³/mol. The topological polar surface area (TPSA) is 46.3 Å². The lowest BCUT2D eigenvalue weighted by Crippen LogP contribution is -2.36. The second-order valence-corrected chi connectivity index (χ2v) is 5.64. The summed E-state index contributed by atoms with van der Waals surface area (Å²) in [6.07, 6.45) is 0.932. The number of carbonyl (C=O) groups excluding carboxylic acids is 1. The van der Waals surface area contributed by atoms with Crippen LogP contribution in [0.1, 0.15) is 39.2 Å². The van der Waals surface area contributed by atoms with E-state index in [4.69, 9.17) is 5.73 Å². The van der Waals surface area contributed by atoms with Gasteiger partial charge in [-0.3, -0.25) is 4.79 Å². The number of nitrogens with two attached hydrogens (primary N) is 1. The Morgan fingerprint density at radius 1 is 1.30 bits per heavy atom. The van der Waals surface area contributed by atoms with Crippen LogP contribution in [0.5, 0.6) is 0 Å². The van der Waals surface area contributed by atoms with Crippen LogP contribution in [0.2, 0.25) is 0 Å². The molecular formula is C15H22F2N2O. The van der Waals surface area contributed by atoms with Crippen LogP contribution in [0.4, 0.5) is 8.78 Å². The summed E-state index contributed by atoms with van der Waals surface area (Å²) in [5.74, 6) is -1.81. The molecule has 3 nitrogen and oxygen atoms in total. The Morgan fingerprint density at radius 3 is 2.45 bits per heavy atom. The summed E-state index contributed by atoms with van der Waals surface area (Å²) in [7, 11) is 0. The van der Waals surface area contributed by atoms with Crippen LogP contribution in [0.15, 0.2) is 18.2 Å². The zero-order valence-electron chi connectivity index (χ0n) is 12.2. The highest BCUT2D eigenvalue weighted by molar-refractivity contribution is 5.76. The van der Waals surface area contributed by atoms with Gasteiger partial charge in [-0.1, -0.05) is 6.07 Å². The lowest BCUT2D eigenvalue weighted by atomic mass is 9.99. The van der Waals surface area contributed by atoms with E-state index in [2.05, 4.69) is 0 Å². The molecule has 112 valence electrons. The minimum Gasteiger partial charge on any atom is -0.339 e. The molecule has 0 radical (unpaired) electrons. The summed E-state index contributed by atoms with van der Waals surface area (Å²) in [6, 6.07) is 3.69. The monoisotopic (exact) mass is 284 g/mol. The highest BCUT2D eigenvalue weighted by Gasteiger charge is 2.17. The van der Waals surface area contributed by atoms with Gasteiger partial charge < -0.3 is 10.6 Å². The molecule has 1 rings (SSSR count). The van der Waals surface area contributed by atoms with Crippen LogP contribution in [0, 0.1) is 11.6 Å². The highest BCUT2D eigenvalue weighted by atomic mass is 19.2. The molecule has 0 aliphatic rings. The van der Waals surface area contributed by atoms with Gasteiger partial charge in [-0.2, -0.15) is 0 Å². The smallest absolute Gasteiger partial charge is 0.222 e. The van der Waals surface area contributed by atoms with Crippen molar-refractivity contribution in [3.05, 3.63) is 35.4 Å². The summed E-state index contributed by atoms with van der Waals surface area (Å²) < 4.78 is 26.0. The lowest BCUT2D eigenvalue weighted by Gasteiger charge is -2.24. The number of hydrogen-bond donors (Lipinski definition) is 1. The van der Waals surface area contributed by atoms with Crippen molar-refractivity contribution in [2.75, 3.05) is 6.54 Å². The maximum Gasteiger partial charge on any atom is 0.222 e. The van der Waals surface area contributed by atoms with Crippen molar-refractivity contribution in [2.45, 2.75) is 45.7 Å². The molecule has 1 aromatic carbocycles. The fourth-order valence-corrected chi connectivity index (χ4v) is 1.82. The number of benzene rings is 1. The molecule has 2 N–H and O–H groups in total. The molecule has 0 bridgehead atoms. The molecular weight excluding hydrogens is 262 g/mol. The van der Waals surface area contributed by atoms with Gasteiger partial charge in [-0.05, 0) is 44.9 Å². The molecule has 0 aliphatic carbocycles. The molecule has 1 aromatic rings. The first-order valence-corrected chi connectivity index (χ1v) is 6.73. The largest absolute Gasteiger partial charge is 0.339 e. The van der Waals surface area contributed by atoms with Gasteiger partial charge in [0.15, 0.2) is 11.6 Å². The van der Waals surface area contributed by atoms with Crippen LogP contribution in [0.25, 0.3) is 0 Å². The molecule has 0 saturated heterocycles. The number of rotatable bonds is 6. The van der Waals surface area contributed by atoms with Gasteiger partial charge >= 0.3 is 0 Å². The van der Waals surface area contributed by atoms with E-state index in [-0.39, 0.29) is 12.5 Å². The lowest BCUT2D eigenvalue weighted by molar-refractivity contribution is -0.132. The molecule has 0 aromatic heterocycles. The molecule has 0 unspecified atom stereocenters. The van der Waals surface area contributed by atoms with Crippen molar-refractivity contribution in [3.63, 3.8) is 0 Å². The van der Waals surface area contributed by atoms with Crippen molar-refractivity contribution in [3.8, 4) is 0 Å². The minimum atomic E-state index is -0.894. The van der Waals surface area contributed by atoms with Gasteiger partial charge in [0.25, 0.3) is 0 Å². The first kappa shape index (κ1) is 16.6. The van der Waals surface area contributed by atoms with Crippen LogP contribution < -0.4 is 5.73 Å². The summed E-state index contributed by atoms with van der Waals surface area (Å²) in [6.45, 7) is 6.38. The van der Waals surface area contributed by atoms with E-state index in [1.54, 1.807) is 4.90 Å². The second kappa shape index (κ2) is 6.79. The average Bonchev–Trinajstić information content (AvgIpc) is 2.36. The van der Waals surface area contributed by atoms with E-state index >= 15 is 0 Å². The molecule has 20 heavy (non-hydrogen) atoms. The minimum absolute atomic E-state index is 0.0317. The van der Waals surface area contributed by atoms with Crippen molar-refractivity contribution in [1.29, 1.82) is 0 Å². The van der Waals surface area contributed by atoms with Gasteiger partial charge in [-0.25, -0.2) is 8.78 Å². The molecule has 0 spiro atoms. The van der Waals surface area contributed by atoms with Gasteiger partial charge in [0.2, 0.25) is 5.91 Å². The predicted octanol–water partition coefficient (Wildman–Crippen LogP) is 2.83. The van der Waals surface area contributed by atoms with Crippen LogP contribution in [-0.2, 0) is 11.3 Å². The van der Waals surface area contributed by atoms with Gasteiger partial charge in [0.05, 0.1) is 0 Å². The summed E-state index contributed by atoms with van der Waals surface area (Å²) in [5.41, 5.74) is 6.04. The number of halogens is 2. The summed E-state index contributed by atoms with van der Waals surface area (Å²) >= 11 is 0. The van der Waals surface area contributed by atoms with E-state index in [1.165, 1.54) is 6.07 Å². The molecule has 0 aliphatic heterocycles. The van der Waals surface area contributed by atoms with Crippen molar-refractivity contribution in [2.24, 2.45) is 5.73 Å². The molecule has 0 heterocycles. The normalized spacial score (nSPS) is 11.5. The third kappa shape index (κ3) is 5.25. The average molecular weight is 284 g/mol. The van der Waals surface area contributed by atoms with Crippen molar-refractivity contribution in [1.82, 2.24) is 4.90 Å². The van der Waals surface area contributed by atoms with Crippen LogP contribution in [-0.4, -0.2) is 22.9 Å². The fourth-order valence-electron chi connectivity index (χ4n) is 1.82. The standard InChI is InChI=1S/C15H22F2N2O/c1-4-19(14(20)7-8-15(2,3)18)10-11-5-6-12(16)13(17)9-11/h5-6,9H,4,7-8,10,18H2,1-3H3. The first-order chi connectivity index (χ1) is 9.23. The number of nitrogens with zero attached hydrogens (tertiary/aromatic N) is 1. The van der Waals surface area contributed by atoms with E-state index in [9.17, 15) is 13.6 Å². The molecule has 0 fully saturated rings. The van der Waals surface area contributed by atoms with Crippen molar-refractivity contribution < 1.29 is 13.6 Å². The molecule has 0 atom stereocenters. The van der Waals surface area contributed by atoms with Crippen LogP contribution in [0.3, 0.4) is 0 Å². The fraction of sp³-hybridized carbons (Fsp3) is 0.533. The number of carbonyl (C=O) groups is 1. The first-order valence-electron chi connectivity index (χ1n) is 6.73. The zero-order chi connectivity index (χ0) is 15.3. The third-order valence-electron chi connectivity index (χ3n) is 3.08. The SMILES string of the molecule is CCN(Cc1ccc(F)c(F)c1)C(=O)CCC(C)(C)N. The van der Waals surface area contributed by atoms with E-state index in [1.807, 2.05) is 20.8 Å². The van der Waals surface area contributed by atoms with Gasteiger partial charge in [-0.15, -0.1) is 0 Å². The Balaban J connectivity index is 2.66. The Kier molecular flexibility index (Phi) is 5.62. The van der Waals surface area contributed by atoms with E-state index < -0.39 is 17.2 Å². The Bertz CT molecular complexity index is 469. The highest BCUT2D eigenvalue weighted by Crippen LogP contribution is 2.14. The molecule has 1 amide bonds. The maximum atomic E-state index is 13.1. The molecule has 0 saturated carbocycles. The van der Waals surface area contributed by atoms with E-state index in [0.717, 1.165) is 12.1 Å².